The van der Waals surface area contributed by atoms with Crippen molar-refractivity contribution in [2.45, 2.75) is 140 Å². The van der Waals surface area contributed by atoms with Crippen molar-refractivity contribution in [3.05, 3.63) is 40.2 Å². The second kappa shape index (κ2) is 14.7. The summed E-state index contributed by atoms with van der Waals surface area (Å²) in [5, 5.41) is 13.6. The molecule has 0 bridgehead atoms. The van der Waals surface area contributed by atoms with Gasteiger partial charge in [0.25, 0.3) is 0 Å². The lowest BCUT2D eigenvalue weighted by molar-refractivity contribution is -0.233. The summed E-state index contributed by atoms with van der Waals surface area (Å²) in [5.74, 6) is 0.131. The number of allylic oxidation sites excluding steroid dienone is 3. The van der Waals surface area contributed by atoms with E-state index in [1.165, 1.54) is 10.6 Å². The van der Waals surface area contributed by atoms with Crippen LogP contribution in [0.5, 0.6) is 5.88 Å². The van der Waals surface area contributed by atoms with Crippen molar-refractivity contribution in [2.75, 3.05) is 19.2 Å². The Balaban J connectivity index is 1.36. The lowest BCUT2D eigenvalue weighted by atomic mass is 9.33. The van der Waals surface area contributed by atoms with Crippen LogP contribution in [0.2, 0.25) is 0 Å². The number of carboxylic acids is 1. The number of rotatable bonds is 11. The Morgan fingerprint density at radius 1 is 1.02 bits per heavy atom. The van der Waals surface area contributed by atoms with Crippen LogP contribution >= 0.6 is 11.6 Å². The molecule has 57 heavy (non-hydrogen) atoms. The average molecular weight is 809 g/mol. The molecule has 1 N–H and O–H groups in total. The van der Waals surface area contributed by atoms with Crippen molar-refractivity contribution in [1.29, 1.82) is 0 Å². The Hall–Kier alpha value is -3.40. The Labute approximate surface area is 345 Å². The van der Waals surface area contributed by atoms with Crippen molar-refractivity contribution >= 4 is 41.4 Å². The molecule has 5 aliphatic carbocycles. The lowest BCUT2D eigenvalue weighted by Crippen LogP contribution is -2.66. The highest BCUT2D eigenvalue weighted by molar-refractivity contribution is 6.29. The van der Waals surface area contributed by atoms with Crippen molar-refractivity contribution in [2.24, 2.45) is 56.2 Å². The van der Waals surface area contributed by atoms with Gasteiger partial charge in [0.2, 0.25) is 12.3 Å². The molecule has 0 aromatic carbocycles. The first-order chi connectivity index (χ1) is 26.5. The number of anilines is 1. The van der Waals surface area contributed by atoms with Crippen LogP contribution in [0.25, 0.3) is 0 Å². The lowest BCUT2D eigenvalue weighted by Gasteiger charge is -2.72. The van der Waals surface area contributed by atoms with E-state index in [0.29, 0.717) is 34.9 Å². The molecule has 0 spiro atoms. The second-order valence-electron chi connectivity index (χ2n) is 20.4. The minimum Gasteiger partial charge on any atom is -0.481 e. The van der Waals surface area contributed by atoms with Gasteiger partial charge in [-0.1, -0.05) is 60.1 Å². The standard InChI is InChI=1S/C46H66ClN3O7/c1-27(2)37-31(52)23-46(39(28(3)47)49(11)50(26-51)29-13-16-35(56-12)48-25-29)22-21-44(9)30(38(37)46)14-15-33-43(8)19-18-34(57-36(53)24-41(4,5)40(54)55)42(6,7)32(43)17-20-45(33,44)10/h13,16,25-27,30,32-34H,14-15,17-24H2,1-12H3,(H,54,55)/b39-28+/t30?,32?,33?,34?,43?,44-,45?,46?/m1/s1. The van der Waals surface area contributed by atoms with Gasteiger partial charge in [-0.15, -0.1) is 0 Å². The zero-order chi connectivity index (χ0) is 42.3. The Morgan fingerprint density at radius 3 is 2.26 bits per heavy atom. The number of hydrazine groups is 1. The average Bonchev–Trinajstić information content (AvgIpc) is 3.42. The predicted molar refractivity (Wildman–Crippen MR) is 221 cm³/mol. The molecule has 10 nitrogen and oxygen atoms in total. The molecule has 1 heterocycles. The van der Waals surface area contributed by atoms with Crippen LogP contribution in [0.15, 0.2) is 40.2 Å². The van der Waals surface area contributed by atoms with Gasteiger partial charge in [-0.2, -0.15) is 0 Å². The molecular formula is C46H66ClN3O7. The van der Waals surface area contributed by atoms with Crippen LogP contribution in [0.4, 0.5) is 5.69 Å². The first kappa shape index (κ1) is 43.2. The summed E-state index contributed by atoms with van der Waals surface area (Å²) in [6.45, 7) is 21.4. The molecule has 4 saturated carbocycles. The van der Waals surface area contributed by atoms with E-state index < -0.39 is 22.8 Å². The summed E-state index contributed by atoms with van der Waals surface area (Å²) < 4.78 is 11.5. The van der Waals surface area contributed by atoms with Gasteiger partial charge in [0.1, 0.15) is 6.10 Å². The highest BCUT2D eigenvalue weighted by Gasteiger charge is 2.71. The van der Waals surface area contributed by atoms with Crippen LogP contribution in [-0.2, 0) is 23.9 Å². The number of aromatic nitrogens is 1. The normalized spacial score (nSPS) is 34.9. The number of fused-ring (bicyclic) bond motifs is 7. The molecule has 11 heteroatoms. The van der Waals surface area contributed by atoms with E-state index in [2.05, 4.69) is 53.5 Å². The van der Waals surface area contributed by atoms with E-state index in [-0.39, 0.29) is 51.8 Å². The van der Waals surface area contributed by atoms with Gasteiger partial charge in [0.15, 0.2) is 5.78 Å². The van der Waals surface area contributed by atoms with Gasteiger partial charge in [0.05, 0.1) is 36.5 Å². The number of Topliss-reactive ketones (excluding diaryl/α,β-unsaturated/α-hetero) is 1. The van der Waals surface area contributed by atoms with Crippen LogP contribution in [0.3, 0.4) is 0 Å². The van der Waals surface area contributed by atoms with E-state index in [9.17, 15) is 24.3 Å². The number of methoxy groups -OCH3 is 1. The second-order valence-corrected chi connectivity index (χ2v) is 21.0. The van der Waals surface area contributed by atoms with E-state index in [4.69, 9.17) is 21.1 Å². The topological polar surface area (TPSA) is 126 Å². The molecule has 0 aliphatic heterocycles. The van der Waals surface area contributed by atoms with Crippen LogP contribution in [-0.4, -0.2) is 59.5 Å². The fraction of sp³-hybridized carbons (Fsp3) is 0.717. The van der Waals surface area contributed by atoms with E-state index >= 15 is 0 Å². The maximum absolute atomic E-state index is 14.5. The van der Waals surface area contributed by atoms with E-state index in [0.717, 1.165) is 69.0 Å². The third-order valence-electron chi connectivity index (χ3n) is 16.5. The van der Waals surface area contributed by atoms with Gasteiger partial charge < -0.3 is 14.6 Å². The molecular weight excluding hydrogens is 742 g/mol. The molecule has 7 unspecified atom stereocenters. The van der Waals surface area contributed by atoms with Gasteiger partial charge >= 0.3 is 11.9 Å². The van der Waals surface area contributed by atoms with Crippen LogP contribution < -0.4 is 9.75 Å². The maximum Gasteiger partial charge on any atom is 0.309 e. The van der Waals surface area contributed by atoms with Gasteiger partial charge in [-0.25, -0.2) is 9.99 Å². The number of hydrogen-bond donors (Lipinski definition) is 1. The molecule has 314 valence electrons. The number of halogens is 1. The number of carbonyl (C=O) groups is 4. The molecule has 1 amide bonds. The van der Waals surface area contributed by atoms with Crippen molar-refractivity contribution < 1.29 is 33.8 Å². The summed E-state index contributed by atoms with van der Waals surface area (Å²) in [5.41, 5.74) is 1.29. The van der Waals surface area contributed by atoms with Gasteiger partial charge in [-0.3, -0.25) is 24.2 Å². The fourth-order valence-corrected chi connectivity index (χ4v) is 13.9. The van der Waals surface area contributed by atoms with Crippen LogP contribution in [0, 0.1) is 56.2 Å². The third kappa shape index (κ3) is 6.53. The summed E-state index contributed by atoms with van der Waals surface area (Å²) in [6.07, 6.45) is 9.66. The number of carboxylic acid groups (broad SMARTS) is 1. The molecule has 0 saturated heterocycles. The third-order valence-corrected chi connectivity index (χ3v) is 16.7. The molecule has 0 radical (unpaired) electrons. The zero-order valence-corrected chi connectivity index (χ0v) is 37.1. The van der Waals surface area contributed by atoms with E-state index in [1.807, 2.05) is 19.0 Å². The number of amides is 1. The smallest absolute Gasteiger partial charge is 0.309 e. The molecule has 8 atom stereocenters. The predicted octanol–water partition coefficient (Wildman–Crippen LogP) is 9.76. The zero-order valence-electron chi connectivity index (χ0n) is 36.4. The molecule has 1 aromatic heterocycles. The van der Waals surface area contributed by atoms with Crippen molar-refractivity contribution in [3.8, 4) is 5.88 Å². The number of carbonyl (C=O) groups excluding carboxylic acids is 3. The number of ether oxygens (including phenoxy) is 2. The number of aliphatic carboxylic acids is 1. The Bertz CT molecular complexity index is 1870. The molecule has 1 aromatic rings. The number of pyridine rings is 1. The Kier molecular flexibility index (Phi) is 11.1. The minimum absolute atomic E-state index is 0.0118. The van der Waals surface area contributed by atoms with Crippen molar-refractivity contribution in [1.82, 2.24) is 9.99 Å². The first-order valence-electron chi connectivity index (χ1n) is 21.0. The Morgan fingerprint density at radius 2 is 1.70 bits per heavy atom. The minimum atomic E-state index is -1.19. The summed E-state index contributed by atoms with van der Waals surface area (Å²) in [7, 11) is 3.41. The number of ketones is 1. The quantitative estimate of drug-likeness (QED) is 0.132. The maximum atomic E-state index is 14.5. The number of nitrogens with zero attached hydrogens (tertiary/aromatic N) is 3. The highest BCUT2D eigenvalue weighted by Crippen LogP contribution is 2.77. The monoisotopic (exact) mass is 807 g/mol. The van der Waals surface area contributed by atoms with E-state index in [1.54, 1.807) is 39.3 Å². The summed E-state index contributed by atoms with van der Waals surface area (Å²) in [4.78, 5) is 56.7. The van der Waals surface area contributed by atoms with Gasteiger partial charge in [0, 0.05) is 35.4 Å². The van der Waals surface area contributed by atoms with Crippen molar-refractivity contribution in [3.63, 3.8) is 0 Å². The summed E-state index contributed by atoms with van der Waals surface area (Å²) in [6, 6.07) is 3.52. The number of esters is 1. The SMILES string of the molecule is COc1ccc(N(C=O)N(C)/C(=C(\C)Cl)C23CC[C@]4(C)C(CCC5C6(C)CCC(OC(=O)CC(C)(C)C(=O)O)C(C)(C)C6CCC54C)C2=C(C(C)C)C(=O)C3)cn1. The molecule has 5 aliphatic rings. The highest BCUT2D eigenvalue weighted by atomic mass is 35.5. The first-order valence-corrected chi connectivity index (χ1v) is 21.4. The fourth-order valence-electron chi connectivity index (χ4n) is 13.6. The summed E-state index contributed by atoms with van der Waals surface area (Å²) >= 11 is 7.17. The number of hydrogen-bond acceptors (Lipinski definition) is 8. The van der Waals surface area contributed by atoms with Crippen LogP contribution in [0.1, 0.15) is 133 Å². The van der Waals surface area contributed by atoms with Gasteiger partial charge in [-0.05, 0) is 129 Å². The largest absolute Gasteiger partial charge is 0.481 e. The molecule has 6 rings (SSSR count). The molecule has 4 fully saturated rings.